The van der Waals surface area contributed by atoms with E-state index in [4.69, 9.17) is 13.1 Å². The van der Waals surface area contributed by atoms with E-state index in [9.17, 15) is 0 Å². The molecule has 0 fully saturated rings. The second-order valence-electron chi connectivity index (χ2n) is 2.08. The van der Waals surface area contributed by atoms with Gasteiger partial charge in [0, 0.05) is 0 Å². The lowest BCUT2D eigenvalue weighted by atomic mass is 9.95. The van der Waals surface area contributed by atoms with Crippen molar-refractivity contribution in [2.75, 3.05) is 0 Å². The number of benzene rings is 1. The van der Waals surface area contributed by atoms with Gasteiger partial charge in [0.1, 0.15) is 7.85 Å². The summed E-state index contributed by atoms with van der Waals surface area (Å²) in [6, 6.07) is 9.38. The van der Waals surface area contributed by atoms with Gasteiger partial charge >= 0.3 is 0 Å². The van der Waals surface area contributed by atoms with Crippen molar-refractivity contribution >= 4 is 13.3 Å². The van der Waals surface area contributed by atoms with Crippen LogP contribution in [0.4, 0.5) is 0 Å². The first-order valence-electron chi connectivity index (χ1n) is 3.04. The summed E-state index contributed by atoms with van der Waals surface area (Å²) in [6.07, 6.45) is 0.459. The number of nitrogens with zero attached hydrogens (tertiary/aromatic N) is 1. The van der Waals surface area contributed by atoms with Crippen LogP contribution in [0, 0.1) is 11.3 Å². The van der Waals surface area contributed by atoms with Crippen molar-refractivity contribution < 1.29 is 0 Å². The fraction of sp³-hybridized carbons (Fsp3) is 0.125. The van der Waals surface area contributed by atoms with E-state index in [1.165, 1.54) is 0 Å². The van der Waals surface area contributed by atoms with Crippen LogP contribution in [-0.4, -0.2) is 7.85 Å². The highest BCUT2D eigenvalue weighted by Gasteiger charge is 1.87. The third-order valence-electron chi connectivity index (χ3n) is 1.26. The minimum absolute atomic E-state index is 0.459. The second-order valence-corrected chi connectivity index (χ2v) is 2.08. The molecule has 1 aromatic carbocycles. The molecule has 0 aliphatic heterocycles. The third-order valence-corrected chi connectivity index (χ3v) is 1.26. The Morgan fingerprint density at radius 3 is 2.40 bits per heavy atom. The van der Waals surface area contributed by atoms with Gasteiger partial charge in [0.15, 0.2) is 0 Å². The fourth-order valence-electron chi connectivity index (χ4n) is 0.727. The molecule has 2 radical (unpaired) electrons. The van der Waals surface area contributed by atoms with Crippen molar-refractivity contribution in [1.29, 1.82) is 5.26 Å². The number of nitriles is 1. The molecule has 0 unspecified atom stereocenters. The summed E-state index contributed by atoms with van der Waals surface area (Å²) in [6.45, 7) is 0. The lowest BCUT2D eigenvalue weighted by Crippen LogP contribution is -1.99. The first-order valence-corrected chi connectivity index (χ1v) is 3.04. The Kier molecular flexibility index (Phi) is 2.12. The van der Waals surface area contributed by atoms with Gasteiger partial charge in [0.2, 0.25) is 0 Å². The highest BCUT2D eigenvalue weighted by atomic mass is 14.2. The minimum atomic E-state index is 0.459. The van der Waals surface area contributed by atoms with Crippen molar-refractivity contribution in [3.8, 4) is 6.07 Å². The zero-order chi connectivity index (χ0) is 7.40. The van der Waals surface area contributed by atoms with Crippen molar-refractivity contribution in [3.05, 3.63) is 29.8 Å². The summed E-state index contributed by atoms with van der Waals surface area (Å²) < 4.78 is 0. The van der Waals surface area contributed by atoms with Gasteiger partial charge in [-0.2, -0.15) is 5.26 Å². The predicted molar refractivity (Wildman–Crippen MR) is 41.1 cm³/mol. The van der Waals surface area contributed by atoms with Crippen LogP contribution in [0.15, 0.2) is 24.3 Å². The molecule has 0 aromatic heterocycles. The zero-order valence-corrected chi connectivity index (χ0v) is 5.54. The Labute approximate surface area is 61.7 Å². The van der Waals surface area contributed by atoms with E-state index in [-0.39, 0.29) is 0 Å². The van der Waals surface area contributed by atoms with Crippen molar-refractivity contribution in [1.82, 2.24) is 0 Å². The average Bonchev–Trinajstić information content (AvgIpc) is 1.95. The van der Waals surface area contributed by atoms with Crippen LogP contribution in [0.5, 0.6) is 0 Å². The highest BCUT2D eigenvalue weighted by molar-refractivity contribution is 6.32. The van der Waals surface area contributed by atoms with Gasteiger partial charge in [-0.1, -0.05) is 29.7 Å². The lowest BCUT2D eigenvalue weighted by molar-refractivity contribution is 1.27. The summed E-state index contributed by atoms with van der Waals surface area (Å²) in [7, 11) is 5.44. The topological polar surface area (TPSA) is 23.8 Å². The van der Waals surface area contributed by atoms with Gasteiger partial charge in [-0.3, -0.25) is 0 Å². The molecule has 0 aliphatic rings. The molecule has 46 valence electrons. The molecular weight excluding hydrogens is 121 g/mol. The normalized spacial score (nSPS) is 8.70. The van der Waals surface area contributed by atoms with Gasteiger partial charge in [-0.15, -0.1) is 0 Å². The maximum absolute atomic E-state index is 8.31. The van der Waals surface area contributed by atoms with Crippen LogP contribution in [0.25, 0.3) is 0 Å². The molecule has 0 amide bonds. The zero-order valence-electron chi connectivity index (χ0n) is 5.54. The Balaban J connectivity index is 2.81. The molecule has 0 N–H and O–H groups in total. The van der Waals surface area contributed by atoms with Crippen LogP contribution in [0.3, 0.4) is 0 Å². The Morgan fingerprint density at radius 2 is 1.90 bits per heavy atom. The number of hydrogen-bond donors (Lipinski definition) is 0. The molecule has 2 heteroatoms. The second kappa shape index (κ2) is 3.07. The van der Waals surface area contributed by atoms with E-state index in [2.05, 4.69) is 6.07 Å². The molecule has 1 rings (SSSR count). The summed E-state index contributed by atoms with van der Waals surface area (Å²) in [5.74, 6) is 0. The quantitative estimate of drug-likeness (QED) is 0.505. The SMILES string of the molecule is [B]c1ccc(CC#N)cc1. The summed E-state index contributed by atoms with van der Waals surface area (Å²) >= 11 is 0. The van der Waals surface area contributed by atoms with Crippen LogP contribution in [0.2, 0.25) is 0 Å². The standard InChI is InChI=1S/C8H6BN/c9-8-3-1-7(2-4-8)5-6-10/h1-4H,5H2. The Bertz CT molecular complexity index is 245. The largest absolute Gasteiger partial charge is 0.198 e. The molecule has 0 bridgehead atoms. The van der Waals surface area contributed by atoms with Crippen LogP contribution >= 0.6 is 0 Å². The summed E-state index contributed by atoms with van der Waals surface area (Å²) in [5, 5.41) is 8.31. The van der Waals surface area contributed by atoms with E-state index in [1.807, 2.05) is 12.1 Å². The van der Waals surface area contributed by atoms with E-state index in [0.29, 0.717) is 6.42 Å². The van der Waals surface area contributed by atoms with Gasteiger partial charge in [0.05, 0.1) is 12.5 Å². The molecule has 10 heavy (non-hydrogen) atoms. The van der Waals surface area contributed by atoms with Crippen molar-refractivity contribution in [2.24, 2.45) is 0 Å². The van der Waals surface area contributed by atoms with E-state index >= 15 is 0 Å². The van der Waals surface area contributed by atoms with Gasteiger partial charge in [0.25, 0.3) is 0 Å². The minimum Gasteiger partial charge on any atom is -0.198 e. The molecule has 0 atom stereocenters. The Morgan fingerprint density at radius 1 is 1.30 bits per heavy atom. The predicted octanol–water partition coefficient (Wildman–Crippen LogP) is 0.546. The van der Waals surface area contributed by atoms with E-state index < -0.39 is 0 Å². The van der Waals surface area contributed by atoms with Crippen molar-refractivity contribution in [2.45, 2.75) is 6.42 Å². The van der Waals surface area contributed by atoms with E-state index in [1.54, 1.807) is 12.1 Å². The van der Waals surface area contributed by atoms with Gasteiger partial charge < -0.3 is 0 Å². The average molecular weight is 127 g/mol. The van der Waals surface area contributed by atoms with Gasteiger partial charge in [-0.05, 0) is 5.56 Å². The number of hydrogen-bond acceptors (Lipinski definition) is 1. The Hall–Kier alpha value is -1.23. The third kappa shape index (κ3) is 1.63. The molecule has 1 nitrogen and oxygen atoms in total. The molecule has 0 aliphatic carbocycles. The smallest absolute Gasteiger partial charge is 0.113 e. The maximum Gasteiger partial charge on any atom is 0.113 e. The monoisotopic (exact) mass is 127 g/mol. The fourth-order valence-corrected chi connectivity index (χ4v) is 0.727. The first-order chi connectivity index (χ1) is 4.83. The maximum atomic E-state index is 8.31. The molecule has 0 heterocycles. The van der Waals surface area contributed by atoms with Crippen LogP contribution in [-0.2, 0) is 6.42 Å². The van der Waals surface area contributed by atoms with Crippen LogP contribution in [0.1, 0.15) is 5.56 Å². The molecular formula is C8H6BN. The summed E-state index contributed by atoms with van der Waals surface area (Å²) in [5.41, 5.74) is 1.75. The van der Waals surface area contributed by atoms with Gasteiger partial charge in [-0.25, -0.2) is 0 Å². The van der Waals surface area contributed by atoms with E-state index in [0.717, 1.165) is 11.0 Å². The number of rotatable bonds is 1. The highest BCUT2D eigenvalue weighted by Crippen LogP contribution is 1.95. The summed E-state index contributed by atoms with van der Waals surface area (Å²) in [4.78, 5) is 0. The van der Waals surface area contributed by atoms with Crippen LogP contribution < -0.4 is 5.46 Å². The molecule has 0 spiro atoms. The van der Waals surface area contributed by atoms with Crippen molar-refractivity contribution in [3.63, 3.8) is 0 Å². The molecule has 1 aromatic rings. The lowest BCUT2D eigenvalue weighted by Gasteiger charge is -1.93. The first kappa shape index (κ1) is 6.89. The molecule has 0 saturated carbocycles. The molecule has 0 saturated heterocycles.